The number of hydrogen-bond donors (Lipinski definition) is 2. The van der Waals surface area contributed by atoms with Crippen molar-refractivity contribution in [1.29, 1.82) is 0 Å². The molecule has 0 amide bonds. The highest BCUT2D eigenvalue weighted by Gasteiger charge is 2.26. The first-order chi connectivity index (χ1) is 6.88. The average Bonchev–Trinajstić information content (AvgIpc) is 2.11. The quantitative estimate of drug-likeness (QED) is 0.812. The number of aliphatic hydroxyl groups is 1. The van der Waals surface area contributed by atoms with Gasteiger partial charge in [-0.25, -0.2) is 4.39 Å². The smallest absolute Gasteiger partial charge is 0.142 e. The maximum absolute atomic E-state index is 13.2. The molecule has 1 aromatic rings. The van der Waals surface area contributed by atoms with Gasteiger partial charge in [0.2, 0.25) is 0 Å². The molecule has 0 saturated carbocycles. The van der Waals surface area contributed by atoms with E-state index in [1.165, 1.54) is 13.0 Å². The van der Waals surface area contributed by atoms with Crippen LogP contribution in [0.5, 0.6) is 0 Å². The van der Waals surface area contributed by atoms with E-state index in [0.29, 0.717) is 12.0 Å². The highest BCUT2D eigenvalue weighted by molar-refractivity contribution is 6.35. The van der Waals surface area contributed by atoms with Gasteiger partial charge in [0.15, 0.2) is 0 Å². The molecule has 1 rings (SSSR count). The van der Waals surface area contributed by atoms with Crippen LogP contribution in [0.4, 0.5) is 4.39 Å². The van der Waals surface area contributed by atoms with Gasteiger partial charge in [0, 0.05) is 10.6 Å². The maximum Gasteiger partial charge on any atom is 0.142 e. The summed E-state index contributed by atoms with van der Waals surface area (Å²) < 4.78 is 13.2. The lowest BCUT2D eigenvalue weighted by Gasteiger charge is -2.24. The second kappa shape index (κ2) is 4.66. The van der Waals surface area contributed by atoms with Crippen LogP contribution in [-0.4, -0.2) is 11.7 Å². The van der Waals surface area contributed by atoms with Gasteiger partial charge in [-0.2, -0.15) is 0 Å². The van der Waals surface area contributed by atoms with Crippen molar-refractivity contribution in [2.75, 3.05) is 6.54 Å². The molecule has 0 fully saturated rings. The predicted molar refractivity (Wildman–Crippen MR) is 59.7 cm³/mol. The SMILES string of the molecule is CC(O)(CCN)c1cc(F)c(Cl)cc1Cl. The molecule has 0 radical (unpaired) electrons. The summed E-state index contributed by atoms with van der Waals surface area (Å²) in [5, 5.41) is 10.2. The zero-order valence-electron chi connectivity index (χ0n) is 8.23. The van der Waals surface area contributed by atoms with E-state index in [2.05, 4.69) is 0 Å². The third kappa shape index (κ3) is 2.82. The molecule has 1 aromatic carbocycles. The third-order valence-corrected chi connectivity index (χ3v) is 2.82. The molecular formula is C10H12Cl2FNO. The van der Waals surface area contributed by atoms with Crippen LogP contribution in [0.25, 0.3) is 0 Å². The van der Waals surface area contributed by atoms with E-state index in [1.807, 2.05) is 0 Å². The minimum atomic E-state index is -1.24. The summed E-state index contributed by atoms with van der Waals surface area (Å²) >= 11 is 11.4. The summed E-state index contributed by atoms with van der Waals surface area (Å²) in [5.74, 6) is -0.603. The van der Waals surface area contributed by atoms with Gasteiger partial charge in [0.05, 0.1) is 10.6 Å². The van der Waals surface area contributed by atoms with Crippen molar-refractivity contribution in [3.8, 4) is 0 Å². The second-order valence-corrected chi connectivity index (χ2v) is 4.37. The Kier molecular flexibility index (Phi) is 3.95. The van der Waals surface area contributed by atoms with E-state index in [0.717, 1.165) is 6.07 Å². The van der Waals surface area contributed by atoms with Crippen molar-refractivity contribution in [2.24, 2.45) is 5.73 Å². The Balaban J connectivity index is 3.19. The zero-order chi connectivity index (χ0) is 11.6. The molecule has 0 aliphatic carbocycles. The Labute approximate surface area is 97.8 Å². The number of hydrogen-bond acceptors (Lipinski definition) is 2. The topological polar surface area (TPSA) is 46.2 Å². The lowest BCUT2D eigenvalue weighted by atomic mass is 9.92. The standard InChI is InChI=1S/C10H12Cl2FNO/c1-10(15,2-3-14)6-4-9(13)8(12)5-7(6)11/h4-5,15H,2-3,14H2,1H3. The summed E-state index contributed by atoms with van der Waals surface area (Å²) in [5.41, 5.74) is 4.41. The van der Waals surface area contributed by atoms with Gasteiger partial charge in [0.1, 0.15) is 5.82 Å². The van der Waals surface area contributed by atoms with Crippen LogP contribution in [0.3, 0.4) is 0 Å². The van der Waals surface area contributed by atoms with Crippen LogP contribution in [0.1, 0.15) is 18.9 Å². The summed E-state index contributed by atoms with van der Waals surface area (Å²) in [4.78, 5) is 0. The highest BCUT2D eigenvalue weighted by Crippen LogP contribution is 2.33. The fraction of sp³-hybridized carbons (Fsp3) is 0.400. The number of halogens is 3. The van der Waals surface area contributed by atoms with Gasteiger partial charge in [-0.1, -0.05) is 23.2 Å². The average molecular weight is 252 g/mol. The Bertz CT molecular complexity index is 369. The molecular weight excluding hydrogens is 240 g/mol. The molecule has 84 valence electrons. The number of nitrogens with two attached hydrogens (primary N) is 1. The summed E-state index contributed by atoms with van der Waals surface area (Å²) in [7, 11) is 0. The van der Waals surface area contributed by atoms with Crippen LogP contribution in [0.15, 0.2) is 12.1 Å². The summed E-state index contributed by atoms with van der Waals surface area (Å²) in [6, 6.07) is 2.42. The lowest BCUT2D eigenvalue weighted by Crippen LogP contribution is -2.25. The molecule has 2 nitrogen and oxygen atoms in total. The molecule has 15 heavy (non-hydrogen) atoms. The van der Waals surface area contributed by atoms with Crippen molar-refractivity contribution < 1.29 is 9.50 Å². The van der Waals surface area contributed by atoms with E-state index < -0.39 is 11.4 Å². The first-order valence-electron chi connectivity index (χ1n) is 4.46. The molecule has 1 atom stereocenters. The molecule has 0 bridgehead atoms. The van der Waals surface area contributed by atoms with Crippen molar-refractivity contribution >= 4 is 23.2 Å². The van der Waals surface area contributed by atoms with E-state index in [4.69, 9.17) is 28.9 Å². The van der Waals surface area contributed by atoms with Gasteiger partial charge in [-0.15, -0.1) is 0 Å². The fourth-order valence-corrected chi connectivity index (χ4v) is 1.94. The molecule has 0 heterocycles. The third-order valence-electron chi connectivity index (χ3n) is 2.22. The second-order valence-electron chi connectivity index (χ2n) is 3.56. The normalized spacial score (nSPS) is 15.1. The largest absolute Gasteiger partial charge is 0.385 e. The minimum Gasteiger partial charge on any atom is -0.385 e. The molecule has 0 aliphatic heterocycles. The van der Waals surface area contributed by atoms with Crippen LogP contribution in [0, 0.1) is 5.82 Å². The van der Waals surface area contributed by atoms with Crippen LogP contribution in [-0.2, 0) is 5.60 Å². The van der Waals surface area contributed by atoms with Crippen molar-refractivity contribution in [1.82, 2.24) is 0 Å². The Morgan fingerprint density at radius 3 is 2.53 bits per heavy atom. The Morgan fingerprint density at radius 2 is 2.00 bits per heavy atom. The van der Waals surface area contributed by atoms with E-state index in [9.17, 15) is 9.50 Å². The molecule has 5 heteroatoms. The van der Waals surface area contributed by atoms with Crippen molar-refractivity contribution in [3.63, 3.8) is 0 Å². The molecule has 0 aromatic heterocycles. The van der Waals surface area contributed by atoms with Gasteiger partial charge >= 0.3 is 0 Å². The van der Waals surface area contributed by atoms with Gasteiger partial charge in [-0.3, -0.25) is 0 Å². The van der Waals surface area contributed by atoms with Gasteiger partial charge < -0.3 is 10.8 Å². The highest BCUT2D eigenvalue weighted by atomic mass is 35.5. The lowest BCUT2D eigenvalue weighted by molar-refractivity contribution is 0.0502. The Morgan fingerprint density at radius 1 is 1.40 bits per heavy atom. The molecule has 0 aliphatic rings. The summed E-state index contributed by atoms with van der Waals surface area (Å²) in [6.07, 6.45) is 0.299. The van der Waals surface area contributed by atoms with Crippen LogP contribution in [0.2, 0.25) is 10.0 Å². The monoisotopic (exact) mass is 251 g/mol. The molecule has 1 unspecified atom stereocenters. The fourth-order valence-electron chi connectivity index (χ4n) is 1.35. The predicted octanol–water partition coefficient (Wildman–Crippen LogP) is 2.69. The number of rotatable bonds is 3. The van der Waals surface area contributed by atoms with Gasteiger partial charge in [-0.05, 0) is 32.0 Å². The molecule has 0 saturated heterocycles. The van der Waals surface area contributed by atoms with E-state index >= 15 is 0 Å². The minimum absolute atomic E-state index is 0.0627. The first-order valence-corrected chi connectivity index (χ1v) is 5.21. The Hall–Kier alpha value is -0.350. The van der Waals surface area contributed by atoms with Gasteiger partial charge in [0.25, 0.3) is 0 Å². The summed E-state index contributed by atoms with van der Waals surface area (Å²) in [6.45, 7) is 1.82. The molecule has 3 N–H and O–H groups in total. The maximum atomic E-state index is 13.2. The van der Waals surface area contributed by atoms with Crippen molar-refractivity contribution in [3.05, 3.63) is 33.6 Å². The van der Waals surface area contributed by atoms with E-state index in [-0.39, 0.29) is 16.6 Å². The first kappa shape index (κ1) is 12.7. The number of benzene rings is 1. The van der Waals surface area contributed by atoms with Crippen LogP contribution >= 0.6 is 23.2 Å². The van der Waals surface area contributed by atoms with E-state index in [1.54, 1.807) is 0 Å². The van der Waals surface area contributed by atoms with Crippen molar-refractivity contribution in [2.45, 2.75) is 18.9 Å². The van der Waals surface area contributed by atoms with Crippen LogP contribution < -0.4 is 5.73 Å². The molecule has 0 spiro atoms. The zero-order valence-corrected chi connectivity index (χ0v) is 9.74.